The molecule has 1 fully saturated rings. The summed E-state index contributed by atoms with van der Waals surface area (Å²) >= 11 is 0. The normalized spacial score (nSPS) is 18.0. The first-order valence-electron chi connectivity index (χ1n) is 9.43. The van der Waals surface area contributed by atoms with Gasteiger partial charge in [0.15, 0.2) is 0 Å². The van der Waals surface area contributed by atoms with Gasteiger partial charge in [0.05, 0.1) is 0 Å². The quantitative estimate of drug-likeness (QED) is 0.772. The van der Waals surface area contributed by atoms with Crippen molar-refractivity contribution in [2.24, 2.45) is 0 Å². The van der Waals surface area contributed by atoms with E-state index in [1.807, 2.05) is 25.7 Å². The summed E-state index contributed by atoms with van der Waals surface area (Å²) in [4.78, 5) is 14.9. The van der Waals surface area contributed by atoms with Crippen molar-refractivity contribution >= 4 is 24.5 Å². The minimum Gasteiger partial charge on any atom is -0.444 e. The number of carbonyl (C=O) groups is 1. The number of benzene rings is 2. The number of hydrogen-bond donors (Lipinski definition) is 0. The summed E-state index contributed by atoms with van der Waals surface area (Å²) in [6.07, 6.45) is 1.89. The second kappa shape index (κ2) is 7.27. The van der Waals surface area contributed by atoms with Gasteiger partial charge in [-0.1, -0.05) is 77.6 Å². The Morgan fingerprint density at radius 2 is 1.50 bits per heavy atom. The molecule has 138 valence electrons. The monoisotopic (exact) mass is 367 g/mol. The van der Waals surface area contributed by atoms with Crippen LogP contribution in [0.25, 0.3) is 0 Å². The number of amides is 1. The molecule has 3 nitrogen and oxygen atoms in total. The van der Waals surface area contributed by atoms with E-state index in [1.165, 1.54) is 10.4 Å². The molecule has 2 aromatic rings. The van der Waals surface area contributed by atoms with Gasteiger partial charge >= 0.3 is 6.09 Å². The molecular formula is C22H29NO2Si. The smallest absolute Gasteiger partial charge is 0.410 e. The van der Waals surface area contributed by atoms with Crippen LogP contribution in [0.5, 0.6) is 0 Å². The van der Waals surface area contributed by atoms with Gasteiger partial charge in [-0.05, 0) is 33.6 Å². The lowest BCUT2D eigenvalue weighted by atomic mass is 10.2. The topological polar surface area (TPSA) is 29.5 Å². The standard InChI is InChI=1S/C22H29NO2Si/c1-22(2,3)25-21(24)23-17-11-16-20(23)26(4,18-12-7-5-8-13-18)19-14-9-6-10-15-19/h5-10,12-15,20H,11,16-17H2,1-4H3. The van der Waals surface area contributed by atoms with Gasteiger partial charge in [-0.2, -0.15) is 0 Å². The number of rotatable bonds is 3. The first kappa shape index (κ1) is 18.7. The van der Waals surface area contributed by atoms with Crippen molar-refractivity contribution < 1.29 is 9.53 Å². The van der Waals surface area contributed by atoms with Crippen molar-refractivity contribution in [2.45, 2.75) is 51.4 Å². The molecule has 1 saturated heterocycles. The van der Waals surface area contributed by atoms with Crippen molar-refractivity contribution in [3.63, 3.8) is 0 Å². The van der Waals surface area contributed by atoms with Crippen LogP contribution in [0.15, 0.2) is 60.7 Å². The number of nitrogens with zero attached hydrogens (tertiary/aromatic N) is 1. The van der Waals surface area contributed by atoms with E-state index in [0.29, 0.717) is 0 Å². The molecule has 0 saturated carbocycles. The number of ether oxygens (including phenoxy) is 1. The lowest BCUT2D eigenvalue weighted by Gasteiger charge is -2.40. The molecule has 0 radical (unpaired) electrons. The average Bonchev–Trinajstić information content (AvgIpc) is 3.11. The van der Waals surface area contributed by atoms with Gasteiger partial charge in [0, 0.05) is 12.2 Å². The highest BCUT2D eigenvalue weighted by molar-refractivity contribution is 7.02. The van der Waals surface area contributed by atoms with Crippen LogP contribution in [0.1, 0.15) is 33.6 Å². The van der Waals surface area contributed by atoms with Crippen LogP contribution in [0.3, 0.4) is 0 Å². The SMILES string of the molecule is CC(C)(C)OC(=O)N1CCCC1[Si](C)(c1ccccc1)c1ccccc1. The molecule has 26 heavy (non-hydrogen) atoms. The zero-order chi connectivity index (χ0) is 18.8. The lowest BCUT2D eigenvalue weighted by Crippen LogP contribution is -2.68. The molecule has 0 N–H and O–H groups in total. The first-order chi connectivity index (χ1) is 12.3. The van der Waals surface area contributed by atoms with E-state index >= 15 is 0 Å². The molecule has 0 spiro atoms. The zero-order valence-electron chi connectivity index (χ0n) is 16.2. The zero-order valence-corrected chi connectivity index (χ0v) is 17.2. The van der Waals surface area contributed by atoms with Gasteiger partial charge < -0.3 is 9.64 Å². The molecule has 1 aliphatic heterocycles. The molecule has 1 unspecified atom stereocenters. The molecule has 3 rings (SSSR count). The van der Waals surface area contributed by atoms with Crippen molar-refractivity contribution in [2.75, 3.05) is 6.54 Å². The van der Waals surface area contributed by atoms with Gasteiger partial charge in [0.1, 0.15) is 13.7 Å². The largest absolute Gasteiger partial charge is 0.444 e. The maximum Gasteiger partial charge on any atom is 0.410 e. The maximum absolute atomic E-state index is 12.9. The average molecular weight is 368 g/mol. The summed E-state index contributed by atoms with van der Waals surface area (Å²) in [5.41, 5.74) is -0.260. The molecule has 4 heteroatoms. The third-order valence-corrected chi connectivity index (χ3v) is 10.3. The van der Waals surface area contributed by atoms with E-state index in [0.717, 1.165) is 19.4 Å². The minimum atomic E-state index is -2.14. The molecule has 2 aromatic carbocycles. The Bertz CT molecular complexity index is 700. The third kappa shape index (κ3) is 3.70. The lowest BCUT2D eigenvalue weighted by molar-refractivity contribution is 0.0268. The molecule has 1 amide bonds. The first-order valence-corrected chi connectivity index (χ1v) is 12.0. The summed E-state index contributed by atoms with van der Waals surface area (Å²) in [6.45, 7) is 8.97. The fourth-order valence-corrected chi connectivity index (χ4v) is 8.54. The summed E-state index contributed by atoms with van der Waals surface area (Å²) in [7, 11) is -2.14. The summed E-state index contributed by atoms with van der Waals surface area (Å²) in [5, 5.41) is 2.73. The Kier molecular flexibility index (Phi) is 5.23. The van der Waals surface area contributed by atoms with Crippen LogP contribution in [0.2, 0.25) is 6.55 Å². The van der Waals surface area contributed by atoms with Gasteiger partial charge in [-0.15, -0.1) is 0 Å². The molecule has 1 heterocycles. The molecule has 0 bridgehead atoms. The second-order valence-corrected chi connectivity index (χ2v) is 12.5. The van der Waals surface area contributed by atoms with Crippen molar-refractivity contribution in [3.05, 3.63) is 60.7 Å². The van der Waals surface area contributed by atoms with E-state index in [-0.39, 0.29) is 11.8 Å². The summed E-state index contributed by atoms with van der Waals surface area (Å²) in [5.74, 6) is 0. The summed E-state index contributed by atoms with van der Waals surface area (Å²) in [6, 6.07) is 21.5. The summed E-state index contributed by atoms with van der Waals surface area (Å²) < 4.78 is 5.73. The number of likely N-dealkylation sites (tertiary alicyclic amines) is 1. The van der Waals surface area contributed by atoms with E-state index in [4.69, 9.17) is 4.74 Å². The highest BCUT2D eigenvalue weighted by atomic mass is 28.3. The maximum atomic E-state index is 12.9. The van der Waals surface area contributed by atoms with E-state index in [9.17, 15) is 4.79 Å². The van der Waals surface area contributed by atoms with Gasteiger partial charge in [-0.3, -0.25) is 0 Å². The highest BCUT2D eigenvalue weighted by Crippen LogP contribution is 2.28. The predicted octanol–water partition coefficient (Wildman–Crippen LogP) is 3.82. The Balaban J connectivity index is 2.03. The van der Waals surface area contributed by atoms with E-state index < -0.39 is 13.7 Å². The van der Waals surface area contributed by atoms with Gasteiger partial charge in [0.25, 0.3) is 0 Å². The number of hydrogen-bond acceptors (Lipinski definition) is 2. The van der Waals surface area contributed by atoms with Crippen LogP contribution < -0.4 is 10.4 Å². The van der Waals surface area contributed by atoms with Crippen molar-refractivity contribution in [1.82, 2.24) is 4.90 Å². The number of carbonyl (C=O) groups excluding carboxylic acids is 1. The molecule has 0 aliphatic carbocycles. The highest BCUT2D eigenvalue weighted by Gasteiger charge is 2.47. The fourth-order valence-electron chi connectivity index (χ4n) is 4.03. The van der Waals surface area contributed by atoms with E-state index in [1.54, 1.807) is 0 Å². The van der Waals surface area contributed by atoms with Crippen LogP contribution in [0.4, 0.5) is 4.79 Å². The Hall–Kier alpha value is -2.07. The third-order valence-electron chi connectivity index (χ3n) is 5.29. The Morgan fingerprint density at radius 3 is 1.96 bits per heavy atom. The fraction of sp³-hybridized carbons (Fsp3) is 0.409. The van der Waals surface area contributed by atoms with Crippen LogP contribution in [-0.2, 0) is 4.74 Å². The molecule has 1 atom stereocenters. The second-order valence-electron chi connectivity index (χ2n) is 8.27. The van der Waals surface area contributed by atoms with Crippen LogP contribution in [-0.4, -0.2) is 36.9 Å². The molecule has 1 aliphatic rings. The van der Waals surface area contributed by atoms with Crippen LogP contribution >= 0.6 is 0 Å². The Morgan fingerprint density at radius 1 is 1.00 bits per heavy atom. The van der Waals surface area contributed by atoms with Gasteiger partial charge in [0.2, 0.25) is 0 Å². The van der Waals surface area contributed by atoms with Crippen molar-refractivity contribution in [1.29, 1.82) is 0 Å². The van der Waals surface area contributed by atoms with Crippen molar-refractivity contribution in [3.8, 4) is 0 Å². The van der Waals surface area contributed by atoms with E-state index in [2.05, 4.69) is 67.2 Å². The van der Waals surface area contributed by atoms with Crippen LogP contribution in [0, 0.1) is 0 Å². The predicted molar refractivity (Wildman–Crippen MR) is 110 cm³/mol. The minimum absolute atomic E-state index is 0.175. The Labute approximate surface area is 158 Å². The molecule has 0 aromatic heterocycles. The van der Waals surface area contributed by atoms with Gasteiger partial charge in [-0.25, -0.2) is 4.79 Å². The molecular weight excluding hydrogens is 338 g/mol.